The number of urea groups is 1. The van der Waals surface area contributed by atoms with Gasteiger partial charge in [0.2, 0.25) is 0 Å². The zero-order chi connectivity index (χ0) is 17.4. The molecular weight excluding hydrogens is 298 g/mol. The number of rotatable bonds is 7. The monoisotopic (exact) mass is 321 g/mol. The van der Waals surface area contributed by atoms with E-state index in [1.807, 2.05) is 13.8 Å². The van der Waals surface area contributed by atoms with E-state index in [9.17, 15) is 14.4 Å². The highest BCUT2D eigenvalue weighted by Crippen LogP contribution is 2.16. The molecule has 0 fully saturated rings. The first-order valence-corrected chi connectivity index (χ1v) is 7.45. The van der Waals surface area contributed by atoms with E-state index < -0.39 is 12.0 Å². The number of carbonyl (C=O) groups excluding carboxylic acids is 2. The highest BCUT2D eigenvalue weighted by molar-refractivity contribution is 5.96. The van der Waals surface area contributed by atoms with Gasteiger partial charge in [-0.15, -0.1) is 0 Å². The van der Waals surface area contributed by atoms with Crippen LogP contribution in [-0.4, -0.2) is 36.1 Å². The number of nitrogens with one attached hydrogen (secondary N) is 3. The number of hydrogen-bond donors (Lipinski definition) is 4. The molecule has 0 aliphatic carbocycles. The summed E-state index contributed by atoms with van der Waals surface area (Å²) in [7, 11) is 0. The summed E-state index contributed by atoms with van der Waals surface area (Å²) in [5.74, 6) is -0.756. The van der Waals surface area contributed by atoms with Crippen LogP contribution in [0.25, 0.3) is 0 Å². The molecule has 4 N–H and O–H groups in total. The van der Waals surface area contributed by atoms with E-state index in [4.69, 9.17) is 5.11 Å². The van der Waals surface area contributed by atoms with Crippen LogP contribution in [0.2, 0.25) is 0 Å². The van der Waals surface area contributed by atoms with Crippen LogP contribution in [0.3, 0.4) is 0 Å². The Balaban J connectivity index is 2.60. The van der Waals surface area contributed by atoms with Crippen molar-refractivity contribution in [1.29, 1.82) is 0 Å². The van der Waals surface area contributed by atoms with E-state index in [0.29, 0.717) is 23.7 Å². The molecule has 23 heavy (non-hydrogen) atoms. The van der Waals surface area contributed by atoms with Crippen LogP contribution >= 0.6 is 0 Å². The van der Waals surface area contributed by atoms with Gasteiger partial charge in [-0.05, 0) is 36.6 Å². The molecule has 1 aromatic rings. The minimum Gasteiger partial charge on any atom is -0.481 e. The normalized spacial score (nSPS) is 10.3. The van der Waals surface area contributed by atoms with E-state index >= 15 is 0 Å². The van der Waals surface area contributed by atoms with Crippen LogP contribution in [0.4, 0.5) is 10.5 Å². The van der Waals surface area contributed by atoms with Gasteiger partial charge in [0.05, 0.1) is 6.42 Å². The van der Waals surface area contributed by atoms with Gasteiger partial charge in [0, 0.05) is 24.3 Å². The van der Waals surface area contributed by atoms with Crippen molar-refractivity contribution in [3.63, 3.8) is 0 Å². The summed E-state index contributed by atoms with van der Waals surface area (Å²) in [5.41, 5.74) is 1.84. The predicted molar refractivity (Wildman–Crippen MR) is 87.6 cm³/mol. The van der Waals surface area contributed by atoms with E-state index in [1.54, 1.807) is 25.1 Å². The number of amides is 3. The molecule has 0 unspecified atom stereocenters. The van der Waals surface area contributed by atoms with Crippen molar-refractivity contribution in [3.8, 4) is 0 Å². The largest absolute Gasteiger partial charge is 0.481 e. The van der Waals surface area contributed by atoms with E-state index in [0.717, 1.165) is 5.56 Å². The fourth-order valence-electron chi connectivity index (χ4n) is 1.79. The standard InChI is InChI=1S/C16H23N3O4/c1-10(2)9-18-15(22)12-4-5-13(11(3)8-12)19-16(23)17-7-6-14(20)21/h4-5,8,10H,6-7,9H2,1-3H3,(H,18,22)(H,20,21)(H2,17,19,23). The number of aryl methyl sites for hydroxylation is 1. The Labute approximate surface area is 135 Å². The molecule has 0 aliphatic heterocycles. The predicted octanol–water partition coefficient (Wildman–Crippen LogP) is 1.98. The fourth-order valence-corrected chi connectivity index (χ4v) is 1.79. The SMILES string of the molecule is Cc1cc(C(=O)NCC(C)C)ccc1NC(=O)NCCC(=O)O. The molecule has 3 amide bonds. The highest BCUT2D eigenvalue weighted by atomic mass is 16.4. The lowest BCUT2D eigenvalue weighted by atomic mass is 10.1. The molecule has 7 heteroatoms. The van der Waals surface area contributed by atoms with Crippen molar-refractivity contribution >= 4 is 23.6 Å². The van der Waals surface area contributed by atoms with Crippen LogP contribution in [0.1, 0.15) is 36.2 Å². The zero-order valence-corrected chi connectivity index (χ0v) is 13.6. The second kappa shape index (κ2) is 8.77. The Kier molecular flexibility index (Phi) is 7.05. The first-order valence-electron chi connectivity index (χ1n) is 7.45. The van der Waals surface area contributed by atoms with Crippen LogP contribution < -0.4 is 16.0 Å². The molecule has 7 nitrogen and oxygen atoms in total. The summed E-state index contributed by atoms with van der Waals surface area (Å²) in [6.07, 6.45) is -0.138. The zero-order valence-electron chi connectivity index (χ0n) is 13.6. The van der Waals surface area contributed by atoms with Gasteiger partial charge in [-0.25, -0.2) is 4.79 Å². The molecule has 1 rings (SSSR count). The molecule has 1 aromatic carbocycles. The smallest absolute Gasteiger partial charge is 0.319 e. The maximum atomic E-state index is 12.0. The lowest BCUT2D eigenvalue weighted by Gasteiger charge is -2.12. The Morgan fingerprint density at radius 3 is 2.43 bits per heavy atom. The summed E-state index contributed by atoms with van der Waals surface area (Å²) < 4.78 is 0. The number of carbonyl (C=O) groups is 3. The quantitative estimate of drug-likeness (QED) is 0.616. The summed E-state index contributed by atoms with van der Waals surface area (Å²) in [6, 6.07) is 4.50. The fraction of sp³-hybridized carbons (Fsp3) is 0.438. The topological polar surface area (TPSA) is 108 Å². The van der Waals surface area contributed by atoms with Gasteiger partial charge in [0.15, 0.2) is 0 Å². The van der Waals surface area contributed by atoms with Gasteiger partial charge in [-0.1, -0.05) is 13.8 Å². The van der Waals surface area contributed by atoms with E-state index in [2.05, 4.69) is 16.0 Å². The lowest BCUT2D eigenvalue weighted by molar-refractivity contribution is -0.136. The van der Waals surface area contributed by atoms with Crippen molar-refractivity contribution in [3.05, 3.63) is 29.3 Å². The van der Waals surface area contributed by atoms with Crippen molar-refractivity contribution in [2.45, 2.75) is 27.2 Å². The van der Waals surface area contributed by atoms with E-state index in [1.165, 1.54) is 0 Å². The number of anilines is 1. The van der Waals surface area contributed by atoms with Crippen LogP contribution in [0, 0.1) is 12.8 Å². The summed E-state index contributed by atoms with van der Waals surface area (Å²) in [6.45, 7) is 6.47. The summed E-state index contributed by atoms with van der Waals surface area (Å²) in [5, 5.41) is 16.4. The number of aliphatic carboxylic acids is 1. The third-order valence-electron chi connectivity index (χ3n) is 3.03. The molecule has 0 radical (unpaired) electrons. The van der Waals surface area contributed by atoms with Gasteiger partial charge in [-0.2, -0.15) is 0 Å². The second-order valence-corrected chi connectivity index (χ2v) is 5.66. The maximum absolute atomic E-state index is 12.0. The van der Waals surface area contributed by atoms with Gasteiger partial charge in [-0.3, -0.25) is 9.59 Å². The molecule has 126 valence electrons. The highest BCUT2D eigenvalue weighted by Gasteiger charge is 2.10. The molecule has 0 saturated carbocycles. The minimum atomic E-state index is -0.974. The molecule has 0 bridgehead atoms. The van der Waals surface area contributed by atoms with Crippen LogP contribution in [-0.2, 0) is 4.79 Å². The Bertz CT molecular complexity index is 585. The summed E-state index contributed by atoms with van der Waals surface area (Å²) >= 11 is 0. The Hall–Kier alpha value is -2.57. The number of carboxylic acid groups (broad SMARTS) is 1. The minimum absolute atomic E-state index is 0.0515. The third kappa shape index (κ3) is 6.82. The van der Waals surface area contributed by atoms with Crippen molar-refractivity contribution in [2.75, 3.05) is 18.4 Å². The second-order valence-electron chi connectivity index (χ2n) is 5.66. The summed E-state index contributed by atoms with van der Waals surface area (Å²) in [4.78, 5) is 34.0. The number of benzene rings is 1. The Morgan fingerprint density at radius 1 is 1.17 bits per heavy atom. The molecule has 0 spiro atoms. The van der Waals surface area contributed by atoms with E-state index in [-0.39, 0.29) is 18.9 Å². The number of carboxylic acids is 1. The maximum Gasteiger partial charge on any atom is 0.319 e. The third-order valence-corrected chi connectivity index (χ3v) is 3.03. The van der Waals surface area contributed by atoms with Crippen molar-refractivity contribution in [1.82, 2.24) is 10.6 Å². The molecule has 0 aromatic heterocycles. The van der Waals surface area contributed by atoms with Gasteiger partial charge in [0.25, 0.3) is 5.91 Å². The van der Waals surface area contributed by atoms with Crippen molar-refractivity contribution < 1.29 is 19.5 Å². The molecule has 0 saturated heterocycles. The van der Waals surface area contributed by atoms with Crippen LogP contribution in [0.15, 0.2) is 18.2 Å². The van der Waals surface area contributed by atoms with Gasteiger partial charge in [0.1, 0.15) is 0 Å². The molecule has 0 atom stereocenters. The molecule has 0 aliphatic rings. The van der Waals surface area contributed by atoms with Crippen LogP contribution in [0.5, 0.6) is 0 Å². The molecule has 0 heterocycles. The van der Waals surface area contributed by atoms with Crippen molar-refractivity contribution in [2.24, 2.45) is 5.92 Å². The average Bonchev–Trinajstić information content (AvgIpc) is 2.46. The first-order chi connectivity index (χ1) is 10.8. The number of hydrogen-bond acceptors (Lipinski definition) is 3. The Morgan fingerprint density at radius 2 is 1.87 bits per heavy atom. The molecular formula is C16H23N3O4. The average molecular weight is 321 g/mol. The van der Waals surface area contributed by atoms with Gasteiger partial charge < -0.3 is 21.1 Å². The lowest BCUT2D eigenvalue weighted by Crippen LogP contribution is -2.31. The first kappa shape index (κ1) is 18.5. The van der Waals surface area contributed by atoms with Gasteiger partial charge >= 0.3 is 12.0 Å².